The molecular formula is C37H45F5N6O7. The molecule has 18 heteroatoms. The fraction of sp³-hybridized carbons (Fsp3) is 0.595. The van der Waals surface area contributed by atoms with Gasteiger partial charge in [-0.15, -0.1) is 13.2 Å². The van der Waals surface area contributed by atoms with Gasteiger partial charge in [0.15, 0.2) is 17.4 Å². The number of hydrogen-bond donors (Lipinski definition) is 3. The van der Waals surface area contributed by atoms with Crippen LogP contribution >= 0.6 is 0 Å². The van der Waals surface area contributed by atoms with E-state index in [2.05, 4.69) is 20.4 Å². The van der Waals surface area contributed by atoms with Crippen molar-refractivity contribution in [3.8, 4) is 17.0 Å². The molecule has 3 N–H and O–H groups in total. The fourth-order valence-corrected chi connectivity index (χ4v) is 7.26. The predicted molar refractivity (Wildman–Crippen MR) is 188 cm³/mol. The van der Waals surface area contributed by atoms with Gasteiger partial charge in [-0.05, 0) is 72.3 Å². The zero-order chi connectivity index (χ0) is 40.5. The lowest BCUT2D eigenvalue weighted by Gasteiger charge is -2.30. The molecule has 1 aromatic carbocycles. The summed E-state index contributed by atoms with van der Waals surface area (Å²) in [4.78, 5) is 45.2. The van der Waals surface area contributed by atoms with Crippen LogP contribution in [0.4, 0.5) is 37.2 Å². The fourth-order valence-electron chi connectivity index (χ4n) is 7.26. The van der Waals surface area contributed by atoms with E-state index in [9.17, 15) is 32.7 Å². The highest BCUT2D eigenvalue weighted by molar-refractivity contribution is 5.93. The number of carbonyl (C=O) groups excluding carboxylic acids is 3. The lowest BCUT2D eigenvalue weighted by Crippen LogP contribution is -2.50. The molecule has 6 rings (SSSR count). The molecule has 300 valence electrons. The van der Waals surface area contributed by atoms with Crippen LogP contribution in [-0.2, 0) is 14.3 Å². The molecule has 3 aromatic rings. The molecule has 3 amide bonds. The minimum absolute atomic E-state index is 0.0523. The van der Waals surface area contributed by atoms with E-state index in [1.807, 2.05) is 0 Å². The van der Waals surface area contributed by atoms with Crippen molar-refractivity contribution < 1.29 is 55.7 Å². The first-order valence-electron chi connectivity index (χ1n) is 18.1. The third-order valence-electron chi connectivity index (χ3n) is 9.40. The van der Waals surface area contributed by atoms with Gasteiger partial charge in [0.05, 0.1) is 29.6 Å². The quantitative estimate of drug-likeness (QED) is 0.192. The van der Waals surface area contributed by atoms with Crippen molar-refractivity contribution >= 4 is 34.7 Å². The Labute approximate surface area is 313 Å². The first kappa shape index (κ1) is 39.9. The number of aromatic nitrogens is 3. The first-order valence-corrected chi connectivity index (χ1v) is 18.1. The number of aliphatic hydroxyl groups is 1. The smallest absolute Gasteiger partial charge is 0.444 e. The second-order valence-electron chi connectivity index (χ2n) is 16.5. The van der Waals surface area contributed by atoms with Gasteiger partial charge in [0.1, 0.15) is 28.5 Å². The van der Waals surface area contributed by atoms with Crippen molar-refractivity contribution in [2.24, 2.45) is 11.8 Å². The number of piperidine rings is 1. The number of anilines is 1. The van der Waals surface area contributed by atoms with Crippen LogP contribution in [0.2, 0.25) is 0 Å². The molecule has 2 aliphatic carbocycles. The molecule has 2 saturated carbocycles. The number of aliphatic hydroxyl groups excluding tert-OH is 1. The normalized spacial score (nSPS) is 21.1. The molecule has 1 saturated heterocycles. The van der Waals surface area contributed by atoms with Crippen molar-refractivity contribution in [1.82, 2.24) is 25.0 Å². The summed E-state index contributed by atoms with van der Waals surface area (Å²) < 4.78 is 90.3. The predicted octanol–water partition coefficient (Wildman–Crippen LogP) is 7.14. The molecule has 3 fully saturated rings. The number of rotatable bonds is 9. The third-order valence-corrected chi connectivity index (χ3v) is 9.40. The van der Waals surface area contributed by atoms with Gasteiger partial charge >= 0.3 is 18.5 Å². The number of nitrogens with one attached hydrogen (secondary N) is 2. The molecule has 4 atom stereocenters. The Bertz CT molecular complexity index is 2020. The van der Waals surface area contributed by atoms with Crippen molar-refractivity contribution in [2.45, 2.75) is 110 Å². The number of benzene rings is 1. The summed E-state index contributed by atoms with van der Waals surface area (Å²) in [5, 5.41) is 19.5. The SMILES string of the molecule is CC(C)c1nc(-c2cc(NC(=O)OC(C)(C)C)cc(F)c2OC(F)(F)F)c(F)c2c1c([C@@H]1[C@H]3CN(C(=O)OC(C)(C)C)[C@H](C(=O)NCCO)[C@H]31)nn2C1CC1. The topological polar surface area (TPSA) is 157 Å². The van der Waals surface area contributed by atoms with Crippen LogP contribution in [0, 0.1) is 23.5 Å². The van der Waals surface area contributed by atoms with Gasteiger partial charge in [0, 0.05) is 42.1 Å². The molecule has 0 bridgehead atoms. The highest BCUT2D eigenvalue weighted by Crippen LogP contribution is 2.63. The minimum Gasteiger partial charge on any atom is -0.444 e. The highest BCUT2D eigenvalue weighted by Gasteiger charge is 2.67. The Hall–Kier alpha value is -4.74. The number of alkyl halides is 3. The van der Waals surface area contributed by atoms with Gasteiger partial charge in [-0.25, -0.2) is 23.4 Å². The Morgan fingerprint density at radius 3 is 2.24 bits per heavy atom. The number of nitrogens with zero attached hydrogens (tertiary/aromatic N) is 4. The third kappa shape index (κ3) is 8.28. The second-order valence-corrected chi connectivity index (χ2v) is 16.5. The van der Waals surface area contributed by atoms with Gasteiger partial charge < -0.3 is 24.6 Å². The summed E-state index contributed by atoms with van der Waals surface area (Å²) in [6.07, 6.45) is -5.84. The highest BCUT2D eigenvalue weighted by atomic mass is 19.4. The van der Waals surface area contributed by atoms with E-state index in [4.69, 9.17) is 14.6 Å². The van der Waals surface area contributed by atoms with E-state index in [0.29, 0.717) is 30.0 Å². The molecule has 0 unspecified atom stereocenters. The van der Waals surface area contributed by atoms with E-state index in [1.165, 1.54) is 9.58 Å². The molecule has 55 heavy (non-hydrogen) atoms. The van der Waals surface area contributed by atoms with E-state index in [0.717, 1.165) is 6.07 Å². The van der Waals surface area contributed by atoms with Crippen molar-refractivity contribution in [3.05, 3.63) is 35.2 Å². The molecule has 1 aliphatic heterocycles. The van der Waals surface area contributed by atoms with Crippen molar-refractivity contribution in [2.75, 3.05) is 25.0 Å². The van der Waals surface area contributed by atoms with Gasteiger partial charge in [0.2, 0.25) is 5.91 Å². The van der Waals surface area contributed by atoms with Gasteiger partial charge in [0.25, 0.3) is 0 Å². The Kier molecular flexibility index (Phi) is 10.2. The summed E-state index contributed by atoms with van der Waals surface area (Å²) in [7, 11) is 0. The zero-order valence-corrected chi connectivity index (χ0v) is 31.7. The lowest BCUT2D eigenvalue weighted by molar-refractivity contribution is -0.275. The number of hydrogen-bond acceptors (Lipinski definition) is 9. The van der Waals surface area contributed by atoms with Gasteiger partial charge in [-0.3, -0.25) is 19.7 Å². The summed E-state index contributed by atoms with van der Waals surface area (Å²) in [6, 6.07) is 0.271. The van der Waals surface area contributed by atoms with Crippen molar-refractivity contribution in [3.63, 3.8) is 0 Å². The Balaban J connectivity index is 1.50. The molecule has 3 aliphatic rings. The van der Waals surface area contributed by atoms with Gasteiger partial charge in [-0.1, -0.05) is 13.8 Å². The number of halogens is 5. The standard InChI is InChI=1S/C37H45F5N6O7/c1-16(2)26-24-28(22-20-15-47(34(52)55-36(6,7)8)30(23(20)22)32(50)43-11-12-49)46-48(18-9-10-18)29(24)25(39)27(45-26)19-13-17(44-33(51)54-35(3,4)5)14-21(38)31(19)53-37(40,41)42/h13-14,16,18,20,22-23,30,49H,9-12,15H2,1-8H3,(H,43,50)(H,44,51)/t20-,22-,23-,30+/m1/s1. The zero-order valence-electron chi connectivity index (χ0n) is 31.7. The minimum atomic E-state index is -5.38. The van der Waals surface area contributed by atoms with Crippen LogP contribution in [0.15, 0.2) is 12.1 Å². The van der Waals surface area contributed by atoms with Crippen molar-refractivity contribution in [1.29, 1.82) is 0 Å². The van der Waals surface area contributed by atoms with Crippen LogP contribution in [0.3, 0.4) is 0 Å². The number of likely N-dealkylation sites (tertiary alicyclic amines) is 1. The maximum absolute atomic E-state index is 17.2. The molecule has 13 nitrogen and oxygen atoms in total. The summed E-state index contributed by atoms with van der Waals surface area (Å²) in [5.74, 6) is -6.17. The molecule has 2 aromatic heterocycles. The summed E-state index contributed by atoms with van der Waals surface area (Å²) in [5.41, 5.74) is -2.94. The van der Waals surface area contributed by atoms with Gasteiger partial charge in [-0.2, -0.15) is 5.10 Å². The lowest BCUT2D eigenvalue weighted by atomic mass is 9.97. The van der Waals surface area contributed by atoms with Crippen LogP contribution < -0.4 is 15.4 Å². The summed E-state index contributed by atoms with van der Waals surface area (Å²) >= 11 is 0. The number of fused-ring (bicyclic) bond motifs is 2. The first-order chi connectivity index (χ1) is 25.5. The molecule has 0 radical (unpaired) electrons. The largest absolute Gasteiger partial charge is 0.573 e. The maximum Gasteiger partial charge on any atom is 0.573 e. The van der Waals surface area contributed by atoms with E-state index in [-0.39, 0.29) is 48.6 Å². The molecular weight excluding hydrogens is 735 g/mol. The number of pyridine rings is 1. The maximum atomic E-state index is 17.2. The average Bonchev–Trinajstić information content (AvgIpc) is 3.93. The van der Waals surface area contributed by atoms with E-state index < -0.39 is 88.1 Å². The average molecular weight is 781 g/mol. The Morgan fingerprint density at radius 2 is 1.67 bits per heavy atom. The monoisotopic (exact) mass is 780 g/mol. The van der Waals surface area contributed by atoms with Crippen LogP contribution in [0.5, 0.6) is 5.75 Å². The van der Waals surface area contributed by atoms with Crippen LogP contribution in [-0.4, -0.2) is 86.2 Å². The number of ether oxygens (including phenoxy) is 3. The van der Waals surface area contributed by atoms with E-state index in [1.54, 1.807) is 55.4 Å². The van der Waals surface area contributed by atoms with Crippen LogP contribution in [0.25, 0.3) is 22.2 Å². The second kappa shape index (κ2) is 14.1. The van der Waals surface area contributed by atoms with Crippen LogP contribution in [0.1, 0.15) is 97.5 Å². The molecule has 0 spiro atoms. The molecule has 3 heterocycles. The summed E-state index contributed by atoms with van der Waals surface area (Å²) in [6.45, 7) is 13.1. The number of carbonyl (C=O) groups is 3. The Morgan fingerprint density at radius 1 is 1.02 bits per heavy atom. The van der Waals surface area contributed by atoms with E-state index >= 15 is 8.78 Å². The number of amides is 3.